The van der Waals surface area contributed by atoms with E-state index in [2.05, 4.69) is 0 Å². The molecule has 1 amide bonds. The predicted octanol–water partition coefficient (Wildman–Crippen LogP) is 3.71. The second-order valence-corrected chi connectivity index (χ2v) is 7.50. The number of hydrogen-bond donors (Lipinski definition) is 1. The zero-order chi connectivity index (χ0) is 20.3. The number of nitrogens with zero attached hydrogens (tertiary/aromatic N) is 2. The van der Waals surface area contributed by atoms with Crippen LogP contribution in [0.1, 0.15) is 23.6 Å². The van der Waals surface area contributed by atoms with Crippen molar-refractivity contribution in [2.24, 2.45) is 0 Å². The number of benzene rings is 2. The third-order valence-electron chi connectivity index (χ3n) is 4.78. The Labute approximate surface area is 169 Å². The summed E-state index contributed by atoms with van der Waals surface area (Å²) in [4.78, 5) is 29.2. The van der Waals surface area contributed by atoms with Crippen molar-refractivity contribution in [2.75, 3.05) is 27.2 Å². The summed E-state index contributed by atoms with van der Waals surface area (Å²) >= 11 is 6.01. The quantitative estimate of drug-likeness (QED) is 0.457. The van der Waals surface area contributed by atoms with Gasteiger partial charge in [0.05, 0.1) is 11.6 Å². The third kappa shape index (κ3) is 4.11. The van der Waals surface area contributed by atoms with Gasteiger partial charge in [-0.05, 0) is 44.8 Å². The third-order valence-corrected chi connectivity index (χ3v) is 5.03. The molecule has 1 aliphatic rings. The first-order chi connectivity index (χ1) is 13.4. The van der Waals surface area contributed by atoms with Gasteiger partial charge in [0.1, 0.15) is 5.76 Å². The van der Waals surface area contributed by atoms with Crippen LogP contribution in [0.25, 0.3) is 5.76 Å². The van der Waals surface area contributed by atoms with E-state index in [0.29, 0.717) is 17.1 Å². The minimum absolute atomic E-state index is 0.114. The maximum atomic E-state index is 12.8. The number of carbonyl (C=O) groups excluding carboxylic acids is 2. The van der Waals surface area contributed by atoms with E-state index < -0.39 is 17.7 Å². The van der Waals surface area contributed by atoms with Gasteiger partial charge in [0.15, 0.2) is 0 Å². The monoisotopic (exact) mass is 398 g/mol. The van der Waals surface area contributed by atoms with Gasteiger partial charge in [-0.1, -0.05) is 54.1 Å². The van der Waals surface area contributed by atoms with Crippen LogP contribution < -0.4 is 0 Å². The predicted molar refractivity (Wildman–Crippen MR) is 110 cm³/mol. The van der Waals surface area contributed by atoms with Crippen LogP contribution in [0.3, 0.4) is 0 Å². The van der Waals surface area contributed by atoms with Crippen LogP contribution in [0.2, 0.25) is 5.02 Å². The Hall–Kier alpha value is -2.63. The van der Waals surface area contributed by atoms with Crippen LogP contribution in [0, 0.1) is 0 Å². The Morgan fingerprint density at radius 3 is 2.32 bits per heavy atom. The maximum absolute atomic E-state index is 12.8. The number of aliphatic hydroxyl groups is 1. The lowest BCUT2D eigenvalue weighted by molar-refractivity contribution is -0.139. The highest BCUT2D eigenvalue weighted by Gasteiger charge is 2.45. The van der Waals surface area contributed by atoms with Crippen molar-refractivity contribution in [3.63, 3.8) is 0 Å². The van der Waals surface area contributed by atoms with Gasteiger partial charge in [0.2, 0.25) is 0 Å². The molecule has 0 spiro atoms. The first kappa shape index (κ1) is 20.1. The maximum Gasteiger partial charge on any atom is 0.295 e. The fourth-order valence-corrected chi connectivity index (χ4v) is 3.54. The van der Waals surface area contributed by atoms with E-state index in [1.807, 2.05) is 25.1 Å². The summed E-state index contributed by atoms with van der Waals surface area (Å²) in [5.74, 6) is -1.41. The van der Waals surface area contributed by atoms with Gasteiger partial charge >= 0.3 is 0 Å². The first-order valence-corrected chi connectivity index (χ1v) is 9.52. The molecule has 5 nitrogen and oxygen atoms in total. The molecule has 3 rings (SSSR count). The lowest BCUT2D eigenvalue weighted by atomic mass is 9.95. The van der Waals surface area contributed by atoms with Gasteiger partial charge in [0, 0.05) is 17.1 Å². The summed E-state index contributed by atoms with van der Waals surface area (Å²) in [7, 11) is 3.92. The van der Waals surface area contributed by atoms with Crippen LogP contribution in [0.15, 0.2) is 60.2 Å². The molecule has 2 aromatic carbocycles. The molecule has 28 heavy (non-hydrogen) atoms. The van der Waals surface area contributed by atoms with Crippen molar-refractivity contribution in [1.82, 2.24) is 9.80 Å². The van der Waals surface area contributed by atoms with Gasteiger partial charge in [0.25, 0.3) is 11.7 Å². The van der Waals surface area contributed by atoms with Crippen LogP contribution in [-0.4, -0.2) is 53.8 Å². The summed E-state index contributed by atoms with van der Waals surface area (Å²) in [6.07, 6.45) is 0.718. The van der Waals surface area contributed by atoms with Gasteiger partial charge in [-0.25, -0.2) is 0 Å². The van der Waals surface area contributed by atoms with Gasteiger partial charge in [-0.2, -0.15) is 0 Å². The number of hydrogen-bond acceptors (Lipinski definition) is 4. The first-order valence-electron chi connectivity index (χ1n) is 9.14. The van der Waals surface area contributed by atoms with E-state index in [0.717, 1.165) is 18.5 Å². The molecular weight excluding hydrogens is 376 g/mol. The van der Waals surface area contributed by atoms with E-state index in [1.54, 1.807) is 53.4 Å². The normalized spacial score (nSPS) is 18.9. The fraction of sp³-hybridized carbons (Fsp3) is 0.273. The highest BCUT2D eigenvalue weighted by molar-refractivity contribution is 6.46. The molecule has 0 bridgehead atoms. The number of ketones is 1. The van der Waals surface area contributed by atoms with E-state index in [1.165, 1.54) is 0 Å². The van der Waals surface area contributed by atoms with Crippen LogP contribution in [0.5, 0.6) is 0 Å². The topological polar surface area (TPSA) is 60.9 Å². The van der Waals surface area contributed by atoms with E-state index in [9.17, 15) is 14.7 Å². The number of carbonyl (C=O) groups is 2. The number of likely N-dealkylation sites (tertiary alicyclic amines) is 1. The molecule has 1 atom stereocenters. The van der Waals surface area contributed by atoms with Crippen LogP contribution in [0.4, 0.5) is 0 Å². The molecule has 1 unspecified atom stereocenters. The molecule has 1 saturated heterocycles. The lowest BCUT2D eigenvalue weighted by Crippen LogP contribution is -2.32. The Bertz CT molecular complexity index is 892. The highest BCUT2D eigenvalue weighted by Crippen LogP contribution is 2.39. The van der Waals surface area contributed by atoms with Crippen molar-refractivity contribution in [2.45, 2.75) is 12.5 Å². The molecular formula is C22H23ClN2O3. The molecule has 0 aromatic heterocycles. The SMILES string of the molecule is CN(C)CCCN1C(=O)C(=O)/C(=C(\O)c2ccccc2)C1c1ccc(Cl)cc1. The molecule has 0 saturated carbocycles. The van der Waals surface area contributed by atoms with Gasteiger partial charge < -0.3 is 14.9 Å². The highest BCUT2D eigenvalue weighted by atomic mass is 35.5. The summed E-state index contributed by atoms with van der Waals surface area (Å²) in [6.45, 7) is 1.20. The van der Waals surface area contributed by atoms with Crippen molar-refractivity contribution in [1.29, 1.82) is 0 Å². The Morgan fingerprint density at radius 2 is 1.71 bits per heavy atom. The largest absolute Gasteiger partial charge is 0.507 e. The second-order valence-electron chi connectivity index (χ2n) is 7.07. The summed E-state index contributed by atoms with van der Waals surface area (Å²) in [5, 5.41) is 11.4. The van der Waals surface area contributed by atoms with E-state index >= 15 is 0 Å². The molecule has 0 radical (unpaired) electrons. The number of halogens is 1. The van der Waals surface area contributed by atoms with Crippen LogP contribution >= 0.6 is 11.6 Å². The molecule has 1 aliphatic heterocycles. The molecule has 1 fully saturated rings. The zero-order valence-electron chi connectivity index (χ0n) is 15.9. The number of Topliss-reactive ketones (excluding diaryl/α,β-unsaturated/α-hetero) is 1. The number of aliphatic hydroxyl groups excluding tert-OH is 1. The Kier molecular flexibility index (Phi) is 6.17. The zero-order valence-corrected chi connectivity index (χ0v) is 16.7. The molecule has 1 heterocycles. The Morgan fingerprint density at radius 1 is 1.07 bits per heavy atom. The summed E-state index contributed by atoms with van der Waals surface area (Å²) in [6, 6.07) is 15.2. The lowest BCUT2D eigenvalue weighted by Gasteiger charge is -2.26. The van der Waals surface area contributed by atoms with Gasteiger partial charge in [-0.15, -0.1) is 0 Å². The fourth-order valence-electron chi connectivity index (χ4n) is 3.41. The number of amides is 1. The minimum atomic E-state index is -0.661. The average Bonchev–Trinajstić information content (AvgIpc) is 2.93. The van der Waals surface area contributed by atoms with E-state index in [-0.39, 0.29) is 11.3 Å². The molecule has 2 aromatic rings. The van der Waals surface area contributed by atoms with Crippen molar-refractivity contribution >= 4 is 29.1 Å². The van der Waals surface area contributed by atoms with Gasteiger partial charge in [-0.3, -0.25) is 9.59 Å². The summed E-state index contributed by atoms with van der Waals surface area (Å²) in [5.41, 5.74) is 1.36. The molecule has 0 aliphatic carbocycles. The molecule has 1 N–H and O–H groups in total. The summed E-state index contributed by atoms with van der Waals surface area (Å²) < 4.78 is 0. The van der Waals surface area contributed by atoms with Crippen molar-refractivity contribution < 1.29 is 14.7 Å². The molecule has 6 heteroatoms. The van der Waals surface area contributed by atoms with Crippen molar-refractivity contribution in [3.05, 3.63) is 76.3 Å². The van der Waals surface area contributed by atoms with Crippen LogP contribution in [-0.2, 0) is 9.59 Å². The standard InChI is InChI=1S/C22H23ClN2O3/c1-24(2)13-6-14-25-19(15-9-11-17(23)12-10-15)18(21(27)22(25)28)20(26)16-7-4-3-5-8-16/h3-5,7-12,19,26H,6,13-14H2,1-2H3/b20-18-. The average molecular weight is 399 g/mol. The van der Waals surface area contributed by atoms with Crippen molar-refractivity contribution in [3.8, 4) is 0 Å². The minimum Gasteiger partial charge on any atom is -0.507 e. The number of rotatable bonds is 6. The second kappa shape index (κ2) is 8.59. The van der Waals surface area contributed by atoms with E-state index in [4.69, 9.17) is 11.6 Å². The Balaban J connectivity index is 2.07. The smallest absolute Gasteiger partial charge is 0.295 e. The molecule has 146 valence electrons.